The molecule has 3 aliphatic rings. The van der Waals surface area contributed by atoms with Crippen molar-refractivity contribution in [1.29, 1.82) is 0 Å². The lowest BCUT2D eigenvalue weighted by atomic mass is 9.98. The fraction of sp³-hybridized carbons (Fsp3) is 0.436. The molecule has 6 rings (SSSR count). The van der Waals surface area contributed by atoms with Crippen LogP contribution in [0.2, 0.25) is 5.02 Å². The van der Waals surface area contributed by atoms with Crippen LogP contribution in [0.3, 0.4) is 0 Å². The summed E-state index contributed by atoms with van der Waals surface area (Å²) in [5.41, 5.74) is 7.60. The highest BCUT2D eigenvalue weighted by Gasteiger charge is 2.35. The molecule has 2 N–H and O–H groups in total. The van der Waals surface area contributed by atoms with Crippen molar-refractivity contribution in [3.05, 3.63) is 122 Å². The quantitative estimate of drug-likeness (QED) is 0.0727. The van der Waals surface area contributed by atoms with Crippen LogP contribution in [-0.4, -0.2) is 145 Å². The van der Waals surface area contributed by atoms with E-state index >= 15 is 0 Å². The van der Waals surface area contributed by atoms with E-state index in [2.05, 4.69) is 36.7 Å². The summed E-state index contributed by atoms with van der Waals surface area (Å²) in [6.45, 7) is 17.4. The van der Waals surface area contributed by atoms with Crippen LogP contribution >= 0.6 is 22.9 Å². The number of aryl methyl sites for hydroxylation is 2. The number of carboxylic acids is 1. The molecule has 16 nitrogen and oxygen atoms in total. The first-order chi connectivity index (χ1) is 35.3. The number of ether oxygens (including phenoxy) is 4. The number of Topliss-reactive ketones (excluding diaryl/α,β-unsaturated/α-hetero) is 1. The molecule has 0 radical (unpaired) electrons. The molecular weight excluding hydrogens is 1000 g/mol. The molecule has 4 heterocycles. The highest BCUT2D eigenvalue weighted by molar-refractivity contribution is 7.89. The van der Waals surface area contributed by atoms with E-state index in [-0.39, 0.29) is 35.5 Å². The molecule has 3 aliphatic heterocycles. The van der Waals surface area contributed by atoms with Gasteiger partial charge in [-0.25, -0.2) is 8.42 Å². The number of sulfonamides is 1. The van der Waals surface area contributed by atoms with E-state index in [0.29, 0.717) is 112 Å². The lowest BCUT2D eigenvalue weighted by Crippen LogP contribution is -2.40. The average Bonchev–Trinajstić information content (AvgIpc) is 3.57. The third-order valence-electron chi connectivity index (χ3n) is 12.4. The van der Waals surface area contributed by atoms with Gasteiger partial charge in [-0.15, -0.1) is 17.8 Å². The maximum absolute atomic E-state index is 13.6. The normalized spacial score (nSPS) is 17.4. The number of benzene rings is 2. The standard InChI is InChI=1S/C31H41ClN4O5S.C24H28N2O5S/c1-20(2)36-30(33-6)26(19-27(38)34-12-14-40-16-18-41-17-15-39-13-11-21(3)37)35-29(24-7-9-25(32)10-8-24)28-22(4)23(5)42-31(28)36;1-5-18(16-24(27)28)22-15-19(8-11-25(22)3)21-7-6-17(2)14-23(21)32(29,30)26-12-9-20(31-4)10-13-26/h7-10,26H,1,11-19H2,2-6H3,(H,34,38);1,6-8,11,14-15,20H,9-10,12-13,16H2,2-4H3,(H,27,28)/b;22-18+/t26-;/m0./s1. The number of halogens is 1. The molecule has 1 atom stereocenters. The van der Waals surface area contributed by atoms with Gasteiger partial charge in [-0.2, -0.15) is 4.31 Å². The van der Waals surface area contributed by atoms with E-state index in [1.165, 1.54) is 9.18 Å². The number of aliphatic imine (C=N–C) groups is 2. The zero-order chi connectivity index (χ0) is 54.1. The Labute approximate surface area is 445 Å². The predicted molar refractivity (Wildman–Crippen MR) is 294 cm³/mol. The van der Waals surface area contributed by atoms with Crippen LogP contribution in [-0.2, 0) is 43.4 Å². The van der Waals surface area contributed by atoms with Crippen LogP contribution in [0.15, 0.2) is 99.2 Å². The van der Waals surface area contributed by atoms with Crippen LogP contribution in [0.5, 0.6) is 0 Å². The van der Waals surface area contributed by atoms with Crippen molar-refractivity contribution in [3.8, 4) is 12.3 Å². The topological polar surface area (TPSA) is 189 Å². The maximum atomic E-state index is 13.6. The molecule has 0 aliphatic carbocycles. The van der Waals surface area contributed by atoms with Gasteiger partial charge in [0.2, 0.25) is 15.9 Å². The number of carboxylic acid groups (broad SMARTS) is 1. The van der Waals surface area contributed by atoms with Gasteiger partial charge >= 0.3 is 5.97 Å². The third kappa shape index (κ3) is 15.9. The summed E-state index contributed by atoms with van der Waals surface area (Å²) in [6.07, 6.45) is 12.5. The minimum absolute atomic E-state index is 0.0714. The van der Waals surface area contributed by atoms with Crippen LogP contribution in [0, 0.1) is 33.1 Å². The number of methoxy groups -OCH3 is 1. The zero-order valence-electron chi connectivity index (χ0n) is 43.7. The van der Waals surface area contributed by atoms with Gasteiger partial charge in [-0.05, 0) is 94.5 Å². The molecule has 1 fully saturated rings. The number of piperidine rings is 1. The third-order valence-corrected chi connectivity index (χ3v) is 15.8. The Morgan fingerprint density at radius 1 is 1.00 bits per heavy atom. The monoisotopic (exact) mass is 1070 g/mol. The number of hydrogen-bond donors (Lipinski definition) is 2. The Morgan fingerprint density at radius 2 is 1.65 bits per heavy atom. The van der Waals surface area contributed by atoms with Crippen molar-refractivity contribution in [1.82, 2.24) is 14.5 Å². The van der Waals surface area contributed by atoms with Crippen molar-refractivity contribution in [2.24, 2.45) is 9.98 Å². The van der Waals surface area contributed by atoms with Gasteiger partial charge < -0.3 is 34.3 Å². The molecule has 398 valence electrons. The van der Waals surface area contributed by atoms with Gasteiger partial charge in [0.05, 0.1) is 74.9 Å². The van der Waals surface area contributed by atoms with Crippen LogP contribution in [0.25, 0.3) is 5.57 Å². The first kappa shape index (κ1) is 59.1. The fourth-order valence-corrected chi connectivity index (χ4v) is 11.5. The fourth-order valence-electron chi connectivity index (χ4n) is 8.36. The van der Waals surface area contributed by atoms with Crippen LogP contribution < -0.4 is 10.2 Å². The number of ketones is 1. The summed E-state index contributed by atoms with van der Waals surface area (Å²) in [6, 6.07) is 12.4. The molecule has 3 aromatic rings. The number of amides is 1. The molecule has 19 heteroatoms. The number of carbonyl (C=O) groups excluding carboxylic acids is 2. The molecule has 1 aromatic heterocycles. The minimum Gasteiger partial charge on any atom is -0.481 e. The lowest BCUT2D eigenvalue weighted by Gasteiger charge is -2.31. The minimum atomic E-state index is -3.73. The number of hydrogen-bond acceptors (Lipinski definition) is 13. The SMILES string of the molecule is C#C/C(CC(=O)O)=C1/C=C(c2ccc(C)cc2S(=O)(=O)N2CCC(OC)CC2)C=CN1C.C=C(C)N1C(=NC)[C@H](CC(=O)NCCOCCOCCOCCC(C)=O)N=C(c2ccc(Cl)cc2)c2c1sc(C)c2C. The Balaban J connectivity index is 0.000000284. The van der Waals surface area contributed by atoms with Crippen LogP contribution in [0.1, 0.15) is 78.6 Å². The number of rotatable bonds is 22. The van der Waals surface area contributed by atoms with E-state index in [4.69, 9.17) is 42.0 Å². The van der Waals surface area contributed by atoms with Gasteiger partial charge in [-0.3, -0.25) is 29.3 Å². The van der Waals surface area contributed by atoms with Gasteiger partial charge in [0.25, 0.3) is 0 Å². The van der Waals surface area contributed by atoms with Crippen molar-refractivity contribution in [2.75, 3.05) is 85.4 Å². The Kier molecular flexibility index (Phi) is 22.6. The number of thiophene rings is 1. The molecule has 0 spiro atoms. The lowest BCUT2D eigenvalue weighted by molar-refractivity contribution is -0.136. The summed E-state index contributed by atoms with van der Waals surface area (Å²) < 4.78 is 50.4. The number of carbonyl (C=O) groups is 3. The van der Waals surface area contributed by atoms with Gasteiger partial charge in [-0.1, -0.05) is 48.4 Å². The Bertz CT molecular complexity index is 2820. The molecule has 1 amide bonds. The van der Waals surface area contributed by atoms with Crippen LogP contribution in [0.4, 0.5) is 5.00 Å². The smallest absolute Gasteiger partial charge is 0.308 e. The number of likely N-dealkylation sites (N-methyl/N-ethyl adjacent to an activating group) is 1. The summed E-state index contributed by atoms with van der Waals surface area (Å²) in [4.78, 5) is 50.1. The molecular formula is C55H69ClN6O10S2. The molecule has 0 unspecified atom stereocenters. The zero-order valence-corrected chi connectivity index (χ0v) is 46.1. The number of allylic oxidation sites excluding steroid dienone is 4. The molecule has 0 bridgehead atoms. The largest absolute Gasteiger partial charge is 0.481 e. The average molecular weight is 1070 g/mol. The van der Waals surface area contributed by atoms with Crippen molar-refractivity contribution < 1.29 is 46.9 Å². The Hall–Kier alpha value is -5.75. The molecule has 0 saturated carbocycles. The molecule has 1 saturated heterocycles. The molecule has 74 heavy (non-hydrogen) atoms. The first-order valence-electron chi connectivity index (χ1n) is 24.3. The van der Waals surface area contributed by atoms with E-state index in [1.54, 1.807) is 74.9 Å². The Morgan fingerprint density at radius 3 is 2.24 bits per heavy atom. The predicted octanol–water partition coefficient (Wildman–Crippen LogP) is 8.14. The number of amidine groups is 1. The second-order valence-corrected chi connectivity index (χ2v) is 21.4. The maximum Gasteiger partial charge on any atom is 0.308 e. The van der Waals surface area contributed by atoms with E-state index in [1.807, 2.05) is 49.1 Å². The number of nitrogens with one attached hydrogen (secondary N) is 1. The van der Waals surface area contributed by atoms with E-state index < -0.39 is 22.0 Å². The van der Waals surface area contributed by atoms with Crippen molar-refractivity contribution in [3.63, 3.8) is 0 Å². The van der Waals surface area contributed by atoms with Crippen molar-refractivity contribution in [2.45, 2.75) is 83.8 Å². The summed E-state index contributed by atoms with van der Waals surface area (Å²) >= 11 is 7.86. The van der Waals surface area contributed by atoms with Gasteiger partial charge in [0.15, 0.2) is 0 Å². The number of anilines is 1. The number of terminal acetylenes is 1. The second kappa shape index (κ2) is 28.2. The van der Waals surface area contributed by atoms with Gasteiger partial charge in [0, 0.05) is 91.3 Å². The van der Waals surface area contributed by atoms with E-state index in [9.17, 15) is 27.9 Å². The van der Waals surface area contributed by atoms with Crippen molar-refractivity contribution >= 4 is 72.7 Å². The second-order valence-electron chi connectivity index (χ2n) is 17.9. The highest BCUT2D eigenvalue weighted by Crippen LogP contribution is 2.42. The number of aliphatic carboxylic acids is 1. The summed E-state index contributed by atoms with van der Waals surface area (Å²) in [5, 5.41) is 13.8. The van der Waals surface area contributed by atoms with E-state index in [0.717, 1.165) is 38.7 Å². The highest BCUT2D eigenvalue weighted by atomic mass is 35.5. The summed E-state index contributed by atoms with van der Waals surface area (Å²) in [7, 11) is 1.40. The molecule has 2 aromatic carbocycles. The number of nitrogens with zero attached hydrogens (tertiary/aromatic N) is 5. The first-order valence-corrected chi connectivity index (χ1v) is 27.0. The number of fused-ring (bicyclic) bond motifs is 1. The van der Waals surface area contributed by atoms with Gasteiger partial charge in [0.1, 0.15) is 22.7 Å². The summed E-state index contributed by atoms with van der Waals surface area (Å²) in [5.74, 6) is 2.06.